The van der Waals surface area contributed by atoms with Crippen molar-refractivity contribution in [3.8, 4) is 11.5 Å². The molecule has 4 N–H and O–H groups in total. The Labute approximate surface area is 203 Å². The molecule has 0 spiro atoms. The maximum absolute atomic E-state index is 12.9. The van der Waals surface area contributed by atoms with E-state index < -0.39 is 15.9 Å². The Morgan fingerprint density at radius 2 is 1.63 bits per heavy atom. The van der Waals surface area contributed by atoms with Gasteiger partial charge in [-0.05, 0) is 54.4 Å². The van der Waals surface area contributed by atoms with Gasteiger partial charge in [0.1, 0.15) is 0 Å². The van der Waals surface area contributed by atoms with Gasteiger partial charge < -0.3 is 20.5 Å². The van der Waals surface area contributed by atoms with Crippen LogP contribution in [0.15, 0.2) is 71.6 Å². The molecule has 2 amide bonds. The number of nitrogens with one attached hydrogen (secondary N) is 2. The minimum absolute atomic E-state index is 0.0230. The van der Waals surface area contributed by atoms with Crippen LogP contribution in [0.3, 0.4) is 0 Å². The SMILES string of the molecule is NC(=O)c1cccc(CCNC(=O)c2cccc(NS(=O)(=O)c3ccc4c(c3)OCCCO4)c2)c1. The van der Waals surface area contributed by atoms with E-state index in [9.17, 15) is 18.0 Å². The summed E-state index contributed by atoms with van der Waals surface area (Å²) in [6, 6.07) is 17.5. The zero-order valence-electron chi connectivity index (χ0n) is 18.8. The summed E-state index contributed by atoms with van der Waals surface area (Å²) in [5.74, 6) is 0.0101. The topological polar surface area (TPSA) is 137 Å². The van der Waals surface area contributed by atoms with E-state index in [0.29, 0.717) is 55.2 Å². The first-order valence-corrected chi connectivity index (χ1v) is 12.5. The van der Waals surface area contributed by atoms with E-state index in [1.54, 1.807) is 42.5 Å². The predicted molar refractivity (Wildman–Crippen MR) is 130 cm³/mol. The van der Waals surface area contributed by atoms with Gasteiger partial charge in [0.05, 0.1) is 18.1 Å². The summed E-state index contributed by atoms with van der Waals surface area (Å²) >= 11 is 0. The van der Waals surface area contributed by atoms with Crippen molar-refractivity contribution in [3.05, 3.63) is 83.4 Å². The minimum atomic E-state index is -3.92. The Balaban J connectivity index is 1.40. The average molecular weight is 496 g/mol. The lowest BCUT2D eigenvalue weighted by Gasteiger charge is -2.12. The van der Waals surface area contributed by atoms with Crippen LogP contribution < -0.4 is 25.2 Å². The van der Waals surface area contributed by atoms with E-state index >= 15 is 0 Å². The normalized spacial score (nSPS) is 12.9. The quantitative estimate of drug-likeness (QED) is 0.440. The van der Waals surface area contributed by atoms with E-state index in [-0.39, 0.29) is 16.5 Å². The molecule has 10 heteroatoms. The van der Waals surface area contributed by atoms with E-state index in [0.717, 1.165) is 5.56 Å². The lowest BCUT2D eigenvalue weighted by molar-refractivity contribution is 0.0952. The van der Waals surface area contributed by atoms with Gasteiger partial charge in [-0.25, -0.2) is 8.42 Å². The highest BCUT2D eigenvalue weighted by Crippen LogP contribution is 2.32. The van der Waals surface area contributed by atoms with Gasteiger partial charge in [0.25, 0.3) is 15.9 Å². The summed E-state index contributed by atoms with van der Waals surface area (Å²) in [7, 11) is -3.92. The van der Waals surface area contributed by atoms with Gasteiger partial charge >= 0.3 is 0 Å². The first-order valence-electron chi connectivity index (χ1n) is 11.0. The first-order chi connectivity index (χ1) is 16.8. The van der Waals surface area contributed by atoms with E-state index in [1.807, 2.05) is 6.07 Å². The Kier molecular flexibility index (Phi) is 7.21. The molecule has 0 saturated carbocycles. The zero-order valence-corrected chi connectivity index (χ0v) is 19.6. The molecular formula is C25H25N3O6S. The highest BCUT2D eigenvalue weighted by Gasteiger charge is 2.19. The van der Waals surface area contributed by atoms with Crippen LogP contribution in [0.5, 0.6) is 11.5 Å². The molecule has 1 aliphatic rings. The number of carbonyl (C=O) groups is 2. The van der Waals surface area contributed by atoms with Gasteiger partial charge in [0.2, 0.25) is 5.91 Å². The van der Waals surface area contributed by atoms with Gasteiger partial charge in [0.15, 0.2) is 11.5 Å². The molecule has 0 aliphatic carbocycles. The molecule has 3 aromatic carbocycles. The summed E-state index contributed by atoms with van der Waals surface area (Å²) in [5, 5.41) is 2.80. The molecule has 182 valence electrons. The van der Waals surface area contributed by atoms with Crippen LogP contribution in [0.4, 0.5) is 5.69 Å². The van der Waals surface area contributed by atoms with Crippen molar-refractivity contribution in [1.82, 2.24) is 5.32 Å². The third kappa shape index (κ3) is 6.10. The molecule has 3 aromatic rings. The highest BCUT2D eigenvalue weighted by atomic mass is 32.2. The molecule has 0 fully saturated rings. The largest absolute Gasteiger partial charge is 0.490 e. The Bertz CT molecular complexity index is 1360. The molecule has 1 heterocycles. The van der Waals surface area contributed by atoms with E-state index in [4.69, 9.17) is 15.2 Å². The van der Waals surface area contributed by atoms with Crippen LogP contribution in [0.1, 0.15) is 32.7 Å². The molecule has 9 nitrogen and oxygen atoms in total. The van der Waals surface area contributed by atoms with Crippen molar-refractivity contribution >= 4 is 27.5 Å². The van der Waals surface area contributed by atoms with Crippen LogP contribution in [-0.2, 0) is 16.4 Å². The Hall–Kier alpha value is -4.05. The van der Waals surface area contributed by atoms with Crippen molar-refractivity contribution < 1.29 is 27.5 Å². The van der Waals surface area contributed by atoms with Crippen molar-refractivity contribution in [1.29, 1.82) is 0 Å². The second-order valence-electron chi connectivity index (χ2n) is 7.92. The summed E-state index contributed by atoms with van der Waals surface area (Å²) in [5.41, 5.74) is 7.11. The monoisotopic (exact) mass is 495 g/mol. The number of benzene rings is 3. The Morgan fingerprint density at radius 3 is 2.43 bits per heavy atom. The van der Waals surface area contributed by atoms with E-state index in [2.05, 4.69) is 10.0 Å². The lowest BCUT2D eigenvalue weighted by atomic mass is 10.1. The Morgan fingerprint density at radius 1 is 0.886 bits per heavy atom. The van der Waals surface area contributed by atoms with Crippen LogP contribution in [0.2, 0.25) is 0 Å². The van der Waals surface area contributed by atoms with Gasteiger partial charge in [-0.2, -0.15) is 0 Å². The number of hydrogen-bond donors (Lipinski definition) is 3. The number of primary amides is 1. The molecule has 35 heavy (non-hydrogen) atoms. The molecule has 0 saturated heterocycles. The highest BCUT2D eigenvalue weighted by molar-refractivity contribution is 7.92. The number of carbonyl (C=O) groups excluding carboxylic acids is 2. The van der Waals surface area contributed by atoms with Crippen LogP contribution in [-0.4, -0.2) is 40.0 Å². The number of nitrogens with two attached hydrogens (primary N) is 1. The van der Waals surface area contributed by atoms with Gasteiger partial charge in [-0.1, -0.05) is 18.2 Å². The lowest BCUT2D eigenvalue weighted by Crippen LogP contribution is -2.26. The van der Waals surface area contributed by atoms with Crippen molar-refractivity contribution in [2.75, 3.05) is 24.5 Å². The molecule has 0 radical (unpaired) electrons. The molecular weight excluding hydrogens is 470 g/mol. The number of amides is 2. The summed E-state index contributed by atoms with van der Waals surface area (Å²) < 4.78 is 39.5. The standard InChI is InChI=1S/C25H25N3O6S/c26-24(29)18-5-1-4-17(14-18)10-11-27-25(30)19-6-2-7-20(15-19)28-35(31,32)21-8-9-22-23(16-21)34-13-3-12-33-22/h1-2,4-9,14-16,28H,3,10-13H2,(H2,26,29)(H,27,30). The number of hydrogen-bond acceptors (Lipinski definition) is 6. The molecule has 4 rings (SSSR count). The molecule has 0 unspecified atom stereocenters. The van der Waals surface area contributed by atoms with Crippen LogP contribution in [0, 0.1) is 0 Å². The molecule has 0 bridgehead atoms. The van der Waals surface area contributed by atoms with Crippen molar-refractivity contribution in [3.63, 3.8) is 0 Å². The molecule has 0 aromatic heterocycles. The fourth-order valence-electron chi connectivity index (χ4n) is 3.55. The average Bonchev–Trinajstić information content (AvgIpc) is 3.09. The van der Waals surface area contributed by atoms with Gasteiger partial charge in [-0.15, -0.1) is 0 Å². The number of ether oxygens (including phenoxy) is 2. The fraction of sp³-hybridized carbons (Fsp3) is 0.200. The second kappa shape index (κ2) is 10.5. The molecule has 0 atom stereocenters. The third-order valence-corrected chi connectivity index (χ3v) is 6.70. The van der Waals surface area contributed by atoms with Crippen LogP contribution in [0.25, 0.3) is 0 Å². The maximum atomic E-state index is 12.9. The summed E-state index contributed by atoms with van der Waals surface area (Å²) in [6.07, 6.45) is 1.22. The first kappa shape index (κ1) is 24.1. The molecule has 1 aliphatic heterocycles. The van der Waals surface area contributed by atoms with Crippen LogP contribution >= 0.6 is 0 Å². The predicted octanol–water partition coefficient (Wildman–Crippen LogP) is 2.72. The third-order valence-electron chi connectivity index (χ3n) is 5.32. The van der Waals surface area contributed by atoms with E-state index in [1.165, 1.54) is 18.2 Å². The number of sulfonamides is 1. The number of anilines is 1. The number of fused-ring (bicyclic) bond motifs is 1. The zero-order chi connectivity index (χ0) is 24.8. The van der Waals surface area contributed by atoms with Gasteiger partial charge in [-0.3, -0.25) is 14.3 Å². The minimum Gasteiger partial charge on any atom is -0.490 e. The van der Waals surface area contributed by atoms with Gasteiger partial charge in [0, 0.05) is 35.8 Å². The maximum Gasteiger partial charge on any atom is 0.262 e. The summed E-state index contributed by atoms with van der Waals surface area (Å²) in [4.78, 5) is 23.9. The fourth-order valence-corrected chi connectivity index (χ4v) is 4.62. The van der Waals surface area contributed by atoms with Crippen molar-refractivity contribution in [2.24, 2.45) is 5.73 Å². The smallest absolute Gasteiger partial charge is 0.262 e. The van der Waals surface area contributed by atoms with Crippen molar-refractivity contribution in [2.45, 2.75) is 17.7 Å². The summed E-state index contributed by atoms with van der Waals surface area (Å²) in [6.45, 7) is 1.28. The number of rotatable bonds is 8. The second-order valence-corrected chi connectivity index (χ2v) is 9.60.